The molecule has 0 aromatic heterocycles. The van der Waals surface area contributed by atoms with Crippen LogP contribution in [-0.4, -0.2) is 0 Å². The molecule has 16 rings (SSSR count). The zero-order valence-corrected chi connectivity index (χ0v) is 50.2. The van der Waals surface area contributed by atoms with Gasteiger partial charge in [-0.25, -0.2) is 0 Å². The normalized spacial score (nSPS) is 10.6. The van der Waals surface area contributed by atoms with Crippen LogP contribution < -0.4 is 24.8 Å². The molecule has 4 heteroatoms. The SMILES string of the molecule is [Cl-].[Cl-].[Zr+2].[Zr+2].c1ccc2cc(-c3cc4ccccc4[cH-]3)ccc2c1.c1ccc2cc(-c3cc4ccccc4[cH-]3)ccc2c1.c1ccc2cc(-c3cc4ccccc4[cH-]3)ccc2c1.c1ccc2cc(-c3cc4ccccc4[cH-]3)ccc2c1. The van der Waals surface area contributed by atoms with E-state index in [0.29, 0.717) is 0 Å². The van der Waals surface area contributed by atoms with Gasteiger partial charge in [-0.2, -0.15) is 0 Å². The van der Waals surface area contributed by atoms with E-state index < -0.39 is 0 Å². The molecule has 0 spiro atoms. The average Bonchev–Trinajstić information content (AvgIpc) is 4.33. The fourth-order valence-corrected chi connectivity index (χ4v) is 10.7. The largest absolute Gasteiger partial charge is 2.00 e. The van der Waals surface area contributed by atoms with Crippen LogP contribution >= 0.6 is 0 Å². The molecule has 16 aromatic rings. The number of hydrogen-bond acceptors (Lipinski definition) is 0. The van der Waals surface area contributed by atoms with Crippen LogP contribution in [0.25, 0.3) is 131 Å². The Morgan fingerprint density at radius 3 is 0.537 bits per heavy atom. The molecule has 0 saturated carbocycles. The molecule has 80 heavy (non-hydrogen) atoms. The van der Waals surface area contributed by atoms with Gasteiger partial charge in [0.25, 0.3) is 0 Å². The summed E-state index contributed by atoms with van der Waals surface area (Å²) in [5, 5.41) is 20.8. The molecule has 0 heterocycles. The van der Waals surface area contributed by atoms with E-state index in [2.05, 4.69) is 315 Å². The number of halogens is 2. The molecular formula is C76H52Cl2Zr2-2. The summed E-state index contributed by atoms with van der Waals surface area (Å²) >= 11 is 0. The van der Waals surface area contributed by atoms with E-state index in [9.17, 15) is 0 Å². The maximum Gasteiger partial charge on any atom is 2.00 e. The van der Waals surface area contributed by atoms with Gasteiger partial charge < -0.3 is 24.8 Å². The number of fused-ring (bicyclic) bond motifs is 8. The molecule has 0 fully saturated rings. The summed E-state index contributed by atoms with van der Waals surface area (Å²) in [6, 6.07) is 113. The van der Waals surface area contributed by atoms with E-state index >= 15 is 0 Å². The number of benzene rings is 12. The smallest absolute Gasteiger partial charge is 1.00 e. The molecule has 0 aliphatic heterocycles. The van der Waals surface area contributed by atoms with Gasteiger partial charge >= 0.3 is 52.4 Å². The van der Waals surface area contributed by atoms with Crippen molar-refractivity contribution in [2.24, 2.45) is 0 Å². The van der Waals surface area contributed by atoms with Crippen molar-refractivity contribution in [1.82, 2.24) is 0 Å². The average molecular weight is 1220 g/mol. The van der Waals surface area contributed by atoms with Crippen LogP contribution in [0.15, 0.2) is 315 Å². The Hall–Kier alpha value is -7.53. The molecule has 0 unspecified atom stereocenters. The first-order valence-electron chi connectivity index (χ1n) is 26.2. The molecule has 16 aromatic carbocycles. The standard InChI is InChI=1S/4C19H13.2ClH.2Zr/c4*1-2-6-15-11-18(10-9-14(15)5-1)19-12-16-7-3-4-8-17(16)13-19;;;;/h4*1-13H;2*1H;;/q4*-1;;;2*+2/p-2. The molecule has 0 bridgehead atoms. The third-order valence-corrected chi connectivity index (χ3v) is 14.8. The molecule has 0 aliphatic carbocycles. The monoisotopic (exact) mass is 1210 g/mol. The van der Waals surface area contributed by atoms with Gasteiger partial charge in [0.05, 0.1) is 0 Å². The van der Waals surface area contributed by atoms with E-state index in [1.54, 1.807) is 0 Å². The summed E-state index contributed by atoms with van der Waals surface area (Å²) < 4.78 is 0. The molecule has 380 valence electrons. The Kier molecular flexibility index (Phi) is 18.7. The van der Waals surface area contributed by atoms with Crippen LogP contribution in [-0.2, 0) is 52.4 Å². The molecule has 0 N–H and O–H groups in total. The van der Waals surface area contributed by atoms with E-state index in [4.69, 9.17) is 0 Å². The van der Waals surface area contributed by atoms with Crippen LogP contribution in [0.2, 0.25) is 0 Å². The second-order valence-corrected chi connectivity index (χ2v) is 19.7. The summed E-state index contributed by atoms with van der Waals surface area (Å²) in [4.78, 5) is 0. The van der Waals surface area contributed by atoms with Gasteiger partial charge in [0.2, 0.25) is 0 Å². The van der Waals surface area contributed by atoms with E-state index in [-0.39, 0.29) is 77.2 Å². The Bertz CT molecular complexity index is 3950. The fourth-order valence-electron chi connectivity index (χ4n) is 10.7. The second-order valence-electron chi connectivity index (χ2n) is 19.7. The van der Waals surface area contributed by atoms with Crippen molar-refractivity contribution in [2.45, 2.75) is 0 Å². The number of rotatable bonds is 4. The van der Waals surface area contributed by atoms with Gasteiger partial charge in [-0.3, -0.25) is 0 Å². The maximum atomic E-state index is 2.27. The predicted octanol–water partition coefficient (Wildman–Crippen LogP) is 15.5. The molecule has 0 radical (unpaired) electrons. The molecule has 0 atom stereocenters. The van der Waals surface area contributed by atoms with Gasteiger partial charge in [-0.05, 0) is 43.1 Å². The van der Waals surface area contributed by atoms with E-state index in [1.165, 1.54) is 131 Å². The quantitative estimate of drug-likeness (QED) is 0.154. The van der Waals surface area contributed by atoms with Crippen LogP contribution in [0.1, 0.15) is 0 Å². The maximum absolute atomic E-state index is 2.27. The summed E-state index contributed by atoms with van der Waals surface area (Å²) in [6.45, 7) is 0. The van der Waals surface area contributed by atoms with Crippen molar-refractivity contribution < 1.29 is 77.2 Å². The fraction of sp³-hybridized carbons (Fsp3) is 0. The van der Waals surface area contributed by atoms with Gasteiger partial charge in [0.15, 0.2) is 0 Å². The van der Waals surface area contributed by atoms with Crippen molar-refractivity contribution in [1.29, 1.82) is 0 Å². The van der Waals surface area contributed by atoms with Crippen molar-refractivity contribution in [3.63, 3.8) is 0 Å². The first-order chi connectivity index (χ1) is 37.6. The van der Waals surface area contributed by atoms with Crippen LogP contribution in [0.5, 0.6) is 0 Å². The number of hydrogen-bond donors (Lipinski definition) is 0. The third kappa shape index (κ3) is 12.6. The minimum Gasteiger partial charge on any atom is -1.00 e. The van der Waals surface area contributed by atoms with Crippen molar-refractivity contribution in [3.8, 4) is 44.5 Å². The first-order valence-corrected chi connectivity index (χ1v) is 26.2. The van der Waals surface area contributed by atoms with Crippen molar-refractivity contribution in [2.75, 3.05) is 0 Å². The predicted molar refractivity (Wildman–Crippen MR) is 330 cm³/mol. The van der Waals surface area contributed by atoms with Gasteiger partial charge in [-0.1, -0.05) is 265 Å². The summed E-state index contributed by atoms with van der Waals surface area (Å²) in [6.07, 6.45) is 0. The van der Waals surface area contributed by atoms with Crippen LogP contribution in [0, 0.1) is 0 Å². The zero-order valence-electron chi connectivity index (χ0n) is 43.8. The first kappa shape index (κ1) is 57.2. The molecule has 0 saturated heterocycles. The second kappa shape index (κ2) is 26.2. The Morgan fingerprint density at radius 1 is 0.163 bits per heavy atom. The Labute approximate surface area is 518 Å². The van der Waals surface area contributed by atoms with Crippen LogP contribution in [0.4, 0.5) is 0 Å². The minimum absolute atomic E-state index is 0. The van der Waals surface area contributed by atoms with Gasteiger partial charge in [0, 0.05) is 0 Å². The van der Waals surface area contributed by atoms with Gasteiger partial charge in [0.1, 0.15) is 0 Å². The Balaban J connectivity index is 0.000000127. The third-order valence-electron chi connectivity index (χ3n) is 14.8. The van der Waals surface area contributed by atoms with Gasteiger partial charge in [-0.15, -0.1) is 138 Å². The minimum atomic E-state index is 0. The Morgan fingerprint density at radius 2 is 0.338 bits per heavy atom. The molecule has 0 aliphatic rings. The summed E-state index contributed by atoms with van der Waals surface area (Å²) in [5.74, 6) is 0. The molecule has 0 amide bonds. The molecular weight excluding hydrogens is 1170 g/mol. The van der Waals surface area contributed by atoms with E-state index in [1.807, 2.05) is 0 Å². The van der Waals surface area contributed by atoms with Crippen molar-refractivity contribution >= 4 is 86.2 Å². The topological polar surface area (TPSA) is 0 Å². The van der Waals surface area contributed by atoms with E-state index in [0.717, 1.165) is 0 Å². The summed E-state index contributed by atoms with van der Waals surface area (Å²) in [5.41, 5.74) is 10.3. The summed E-state index contributed by atoms with van der Waals surface area (Å²) in [7, 11) is 0. The zero-order chi connectivity index (χ0) is 50.6. The molecule has 0 nitrogen and oxygen atoms in total. The van der Waals surface area contributed by atoms with Crippen LogP contribution in [0.3, 0.4) is 0 Å². The van der Waals surface area contributed by atoms with Crippen molar-refractivity contribution in [3.05, 3.63) is 315 Å².